The SMILES string of the molecule is NC(SC1CC(=O)N(c2cccc(C(=O)O)c2)C1=O)C(=O)O. The first-order valence-electron chi connectivity index (χ1n) is 6.15. The van der Waals surface area contributed by atoms with Crippen molar-refractivity contribution >= 4 is 41.2 Å². The monoisotopic (exact) mass is 324 g/mol. The molecule has 1 aromatic carbocycles. The van der Waals surface area contributed by atoms with Crippen molar-refractivity contribution in [3.63, 3.8) is 0 Å². The summed E-state index contributed by atoms with van der Waals surface area (Å²) in [6.45, 7) is 0. The Labute approximate surface area is 128 Å². The van der Waals surface area contributed by atoms with E-state index in [0.717, 1.165) is 4.90 Å². The van der Waals surface area contributed by atoms with Crippen LogP contribution in [0.3, 0.4) is 0 Å². The van der Waals surface area contributed by atoms with Gasteiger partial charge in [0.1, 0.15) is 0 Å². The molecule has 1 aliphatic heterocycles. The molecule has 1 fully saturated rings. The van der Waals surface area contributed by atoms with Gasteiger partial charge in [0.15, 0.2) is 5.37 Å². The fourth-order valence-corrected chi connectivity index (χ4v) is 2.93. The summed E-state index contributed by atoms with van der Waals surface area (Å²) in [5.74, 6) is -3.59. The van der Waals surface area contributed by atoms with Gasteiger partial charge in [-0.05, 0) is 18.2 Å². The number of nitrogens with two attached hydrogens (primary N) is 1. The lowest BCUT2D eigenvalue weighted by molar-refractivity contribution is -0.136. The van der Waals surface area contributed by atoms with E-state index in [4.69, 9.17) is 15.9 Å². The van der Waals surface area contributed by atoms with E-state index in [9.17, 15) is 19.2 Å². The lowest BCUT2D eigenvalue weighted by atomic mass is 10.2. The topological polar surface area (TPSA) is 138 Å². The van der Waals surface area contributed by atoms with Crippen LogP contribution in [0.15, 0.2) is 24.3 Å². The van der Waals surface area contributed by atoms with Crippen LogP contribution in [-0.4, -0.2) is 44.6 Å². The fourth-order valence-electron chi connectivity index (χ4n) is 1.99. The Bertz CT molecular complexity index is 662. The number of benzene rings is 1. The highest BCUT2D eigenvalue weighted by atomic mass is 32.2. The van der Waals surface area contributed by atoms with Gasteiger partial charge in [-0.1, -0.05) is 6.07 Å². The van der Waals surface area contributed by atoms with Crippen LogP contribution in [0.5, 0.6) is 0 Å². The summed E-state index contributed by atoms with van der Waals surface area (Å²) in [6.07, 6.45) is -0.179. The smallest absolute Gasteiger partial charge is 0.335 e. The zero-order chi connectivity index (χ0) is 16.4. The van der Waals surface area contributed by atoms with Gasteiger partial charge in [-0.3, -0.25) is 9.59 Å². The number of carbonyl (C=O) groups is 4. The Morgan fingerprint density at radius 1 is 1.32 bits per heavy atom. The molecule has 2 amide bonds. The number of amides is 2. The van der Waals surface area contributed by atoms with Crippen LogP contribution in [-0.2, 0) is 14.4 Å². The van der Waals surface area contributed by atoms with Crippen LogP contribution in [0.4, 0.5) is 5.69 Å². The highest BCUT2D eigenvalue weighted by Gasteiger charge is 2.41. The van der Waals surface area contributed by atoms with E-state index >= 15 is 0 Å². The Morgan fingerprint density at radius 3 is 2.59 bits per heavy atom. The van der Waals surface area contributed by atoms with Crippen molar-refractivity contribution in [3.05, 3.63) is 29.8 Å². The summed E-state index contributed by atoms with van der Waals surface area (Å²) < 4.78 is 0. The first-order valence-corrected chi connectivity index (χ1v) is 7.09. The number of anilines is 1. The normalized spacial score (nSPS) is 19.3. The number of carboxylic acids is 2. The Morgan fingerprint density at radius 2 is 2.00 bits per heavy atom. The van der Waals surface area contributed by atoms with Crippen molar-refractivity contribution in [2.24, 2.45) is 5.73 Å². The van der Waals surface area contributed by atoms with Gasteiger partial charge < -0.3 is 15.9 Å². The predicted molar refractivity (Wildman–Crippen MR) is 77.5 cm³/mol. The van der Waals surface area contributed by atoms with Gasteiger partial charge in [-0.15, -0.1) is 11.8 Å². The van der Waals surface area contributed by atoms with Gasteiger partial charge in [-0.2, -0.15) is 0 Å². The lowest BCUT2D eigenvalue weighted by Crippen LogP contribution is -2.34. The Balaban J connectivity index is 2.24. The molecule has 0 spiro atoms. The van der Waals surface area contributed by atoms with E-state index in [1.807, 2.05) is 0 Å². The summed E-state index contributed by atoms with van der Waals surface area (Å²) >= 11 is 0.686. The average Bonchev–Trinajstić information content (AvgIpc) is 2.73. The maximum Gasteiger partial charge on any atom is 0.335 e. The number of imide groups is 1. The van der Waals surface area contributed by atoms with E-state index in [-0.39, 0.29) is 17.7 Å². The van der Waals surface area contributed by atoms with Gasteiger partial charge >= 0.3 is 11.9 Å². The quantitative estimate of drug-likeness (QED) is 0.513. The van der Waals surface area contributed by atoms with Gasteiger partial charge in [0.25, 0.3) is 0 Å². The largest absolute Gasteiger partial charge is 0.479 e. The molecule has 1 aliphatic rings. The molecule has 9 heteroatoms. The molecular formula is C13H12N2O6S. The highest BCUT2D eigenvalue weighted by molar-refractivity contribution is 8.01. The molecule has 0 bridgehead atoms. The minimum Gasteiger partial charge on any atom is -0.479 e. The van der Waals surface area contributed by atoms with E-state index in [2.05, 4.69) is 0 Å². The number of hydrogen-bond donors (Lipinski definition) is 3. The molecule has 1 saturated heterocycles. The van der Waals surface area contributed by atoms with Gasteiger partial charge in [0.2, 0.25) is 11.8 Å². The second kappa shape index (κ2) is 6.16. The van der Waals surface area contributed by atoms with Gasteiger partial charge in [0.05, 0.1) is 16.5 Å². The van der Waals surface area contributed by atoms with Crippen molar-refractivity contribution in [2.75, 3.05) is 4.90 Å². The third kappa shape index (κ3) is 3.10. The van der Waals surface area contributed by atoms with Gasteiger partial charge in [-0.25, -0.2) is 14.5 Å². The number of thioether (sulfide) groups is 1. The van der Waals surface area contributed by atoms with Crippen molar-refractivity contribution < 1.29 is 29.4 Å². The number of carboxylic acid groups (broad SMARTS) is 2. The molecule has 22 heavy (non-hydrogen) atoms. The number of aromatic carboxylic acids is 1. The molecule has 1 aromatic rings. The predicted octanol–water partition coefficient (Wildman–Crippen LogP) is 0.119. The first kappa shape index (κ1) is 16.0. The number of nitrogens with zero attached hydrogens (tertiary/aromatic N) is 1. The zero-order valence-corrected chi connectivity index (χ0v) is 11.9. The molecule has 2 atom stereocenters. The molecule has 0 aromatic heterocycles. The van der Waals surface area contributed by atoms with E-state index in [0.29, 0.717) is 11.8 Å². The standard InChI is InChI=1S/C13H12N2O6S/c14-10(13(20)21)22-8-5-9(16)15(11(8)17)7-3-1-2-6(4-7)12(18)19/h1-4,8,10H,5,14H2,(H,18,19)(H,20,21). The fraction of sp³-hybridized carbons (Fsp3) is 0.231. The number of rotatable bonds is 5. The third-order valence-electron chi connectivity index (χ3n) is 3.01. The zero-order valence-electron chi connectivity index (χ0n) is 11.1. The van der Waals surface area contributed by atoms with Crippen molar-refractivity contribution in [2.45, 2.75) is 17.0 Å². The highest BCUT2D eigenvalue weighted by Crippen LogP contribution is 2.31. The van der Waals surface area contributed by atoms with Crippen molar-refractivity contribution in [1.82, 2.24) is 0 Å². The molecule has 0 aliphatic carbocycles. The molecule has 4 N–H and O–H groups in total. The Hall–Kier alpha value is -2.39. The number of carbonyl (C=O) groups excluding carboxylic acids is 2. The molecule has 0 radical (unpaired) electrons. The minimum atomic E-state index is -1.31. The first-order chi connectivity index (χ1) is 10.3. The molecule has 2 unspecified atom stereocenters. The molecule has 2 rings (SSSR count). The second-order valence-electron chi connectivity index (χ2n) is 4.51. The Kier molecular flexibility index (Phi) is 4.48. The summed E-state index contributed by atoms with van der Waals surface area (Å²) in [5, 5.41) is 15.5. The lowest BCUT2D eigenvalue weighted by Gasteiger charge is -2.16. The summed E-state index contributed by atoms with van der Waals surface area (Å²) in [6, 6.07) is 5.40. The van der Waals surface area contributed by atoms with Crippen LogP contribution < -0.4 is 10.6 Å². The second-order valence-corrected chi connectivity index (χ2v) is 5.86. The third-order valence-corrected chi connectivity index (χ3v) is 4.20. The maximum atomic E-state index is 12.2. The maximum absolute atomic E-state index is 12.2. The molecule has 8 nitrogen and oxygen atoms in total. The van der Waals surface area contributed by atoms with Crippen LogP contribution in [0.25, 0.3) is 0 Å². The van der Waals surface area contributed by atoms with Gasteiger partial charge in [0, 0.05) is 6.42 Å². The van der Waals surface area contributed by atoms with E-state index in [1.165, 1.54) is 24.3 Å². The van der Waals surface area contributed by atoms with E-state index in [1.54, 1.807) is 0 Å². The molecule has 0 saturated carbocycles. The summed E-state index contributed by atoms with van der Waals surface area (Å²) in [4.78, 5) is 46.8. The average molecular weight is 324 g/mol. The number of hydrogen-bond acceptors (Lipinski definition) is 6. The minimum absolute atomic E-state index is 0.0589. The summed E-state index contributed by atoms with van der Waals surface area (Å²) in [7, 11) is 0. The number of aliphatic carboxylic acids is 1. The molecule has 1 heterocycles. The molecular weight excluding hydrogens is 312 g/mol. The van der Waals surface area contributed by atoms with Crippen LogP contribution >= 0.6 is 11.8 Å². The molecule has 116 valence electrons. The van der Waals surface area contributed by atoms with E-state index < -0.39 is 34.4 Å². The van der Waals surface area contributed by atoms with Crippen LogP contribution in [0, 0.1) is 0 Å². The van der Waals surface area contributed by atoms with Crippen LogP contribution in [0.1, 0.15) is 16.8 Å². The summed E-state index contributed by atoms with van der Waals surface area (Å²) in [5.41, 5.74) is 5.44. The van der Waals surface area contributed by atoms with Crippen molar-refractivity contribution in [3.8, 4) is 0 Å². The van der Waals surface area contributed by atoms with Crippen molar-refractivity contribution in [1.29, 1.82) is 0 Å². The van der Waals surface area contributed by atoms with Crippen LogP contribution in [0.2, 0.25) is 0 Å².